The van der Waals surface area contributed by atoms with Crippen molar-refractivity contribution >= 4 is 5.97 Å². The van der Waals surface area contributed by atoms with Crippen molar-refractivity contribution < 1.29 is 23.4 Å². The first-order chi connectivity index (χ1) is 11.5. The zero-order valence-corrected chi connectivity index (χ0v) is 13.3. The first-order valence-corrected chi connectivity index (χ1v) is 7.34. The van der Waals surface area contributed by atoms with E-state index in [0.717, 1.165) is 6.07 Å². The lowest BCUT2D eigenvalue weighted by molar-refractivity contribution is -0.150. The average molecular weight is 329 g/mol. The highest BCUT2D eigenvalue weighted by Crippen LogP contribution is 2.27. The molecule has 0 aliphatic heterocycles. The number of benzene rings is 2. The van der Waals surface area contributed by atoms with E-state index < -0.39 is 17.9 Å². The van der Waals surface area contributed by atoms with Crippen LogP contribution >= 0.6 is 0 Å². The number of carbonyl (C=O) groups is 1. The van der Waals surface area contributed by atoms with Crippen molar-refractivity contribution in [1.29, 1.82) is 5.26 Å². The van der Waals surface area contributed by atoms with Crippen molar-refractivity contribution in [3.05, 3.63) is 53.8 Å². The lowest BCUT2D eigenvalue weighted by Gasteiger charge is -2.13. The molecule has 0 aliphatic rings. The summed E-state index contributed by atoms with van der Waals surface area (Å²) in [5.74, 6) is -0.191. The van der Waals surface area contributed by atoms with E-state index in [2.05, 4.69) is 0 Å². The first kappa shape index (κ1) is 17.3. The third kappa shape index (κ3) is 4.46. The number of hydrogen-bond acceptors (Lipinski definition) is 5. The summed E-state index contributed by atoms with van der Waals surface area (Å²) in [6, 6.07) is 12.2. The normalized spacial score (nSPS) is 11.2. The Morgan fingerprint density at radius 1 is 1.21 bits per heavy atom. The maximum absolute atomic E-state index is 13.8. The van der Waals surface area contributed by atoms with Gasteiger partial charge in [0.15, 0.2) is 17.7 Å². The summed E-state index contributed by atoms with van der Waals surface area (Å²) in [6.45, 7) is 3.60. The second-order valence-corrected chi connectivity index (χ2v) is 4.84. The van der Waals surface area contributed by atoms with Crippen molar-refractivity contribution in [1.82, 2.24) is 0 Å². The third-order valence-electron chi connectivity index (χ3n) is 3.04. The van der Waals surface area contributed by atoms with Gasteiger partial charge in [-0.25, -0.2) is 9.18 Å². The number of rotatable bonds is 6. The molecule has 0 heterocycles. The molecule has 24 heavy (non-hydrogen) atoms. The van der Waals surface area contributed by atoms with Crippen LogP contribution in [-0.2, 0) is 9.53 Å². The predicted octanol–water partition coefficient (Wildman–Crippen LogP) is 3.82. The van der Waals surface area contributed by atoms with Gasteiger partial charge in [0.1, 0.15) is 11.5 Å². The molecule has 0 saturated heterocycles. The van der Waals surface area contributed by atoms with Gasteiger partial charge in [0.2, 0.25) is 0 Å². The van der Waals surface area contributed by atoms with Crippen molar-refractivity contribution in [2.75, 3.05) is 6.61 Å². The van der Waals surface area contributed by atoms with Gasteiger partial charge < -0.3 is 14.2 Å². The zero-order chi connectivity index (χ0) is 17.5. The highest BCUT2D eigenvalue weighted by atomic mass is 19.1. The van der Waals surface area contributed by atoms with Gasteiger partial charge in [0, 0.05) is 0 Å². The van der Waals surface area contributed by atoms with Gasteiger partial charge in [-0.15, -0.1) is 0 Å². The lowest BCUT2D eigenvalue weighted by Crippen LogP contribution is -2.25. The molecule has 0 unspecified atom stereocenters. The van der Waals surface area contributed by atoms with E-state index in [1.165, 1.54) is 12.1 Å². The average Bonchev–Trinajstić information content (AvgIpc) is 2.58. The van der Waals surface area contributed by atoms with E-state index in [-0.39, 0.29) is 17.9 Å². The number of carbonyl (C=O) groups excluding carboxylic acids is 1. The number of nitriles is 1. The molecule has 0 amide bonds. The van der Waals surface area contributed by atoms with Crippen LogP contribution in [0.5, 0.6) is 17.2 Å². The Hall–Kier alpha value is -3.07. The van der Waals surface area contributed by atoms with E-state index in [4.69, 9.17) is 19.5 Å². The Morgan fingerprint density at radius 2 is 1.88 bits per heavy atom. The van der Waals surface area contributed by atoms with Crippen molar-refractivity contribution in [3.63, 3.8) is 0 Å². The maximum Gasteiger partial charge on any atom is 0.347 e. The standard InChI is InChI=1S/C18H16FNO4/c1-3-22-18(21)12(2)23-14-5-7-15(8-6-14)24-17-9-4-13(11-20)10-16(17)19/h4-10,12H,3H2,1-2H3/t12-/m1/s1. The number of hydrogen-bond donors (Lipinski definition) is 0. The molecule has 2 aromatic rings. The van der Waals surface area contributed by atoms with Crippen LogP contribution in [0.25, 0.3) is 0 Å². The molecular formula is C18H16FNO4. The van der Waals surface area contributed by atoms with Gasteiger partial charge in [-0.2, -0.15) is 5.26 Å². The molecule has 2 rings (SSSR count). The SMILES string of the molecule is CCOC(=O)[C@@H](C)Oc1ccc(Oc2ccc(C#N)cc2F)cc1. The Morgan fingerprint density at radius 3 is 2.46 bits per heavy atom. The summed E-state index contributed by atoms with van der Waals surface area (Å²) >= 11 is 0. The van der Waals surface area contributed by atoms with Crippen LogP contribution in [-0.4, -0.2) is 18.7 Å². The Balaban J connectivity index is 2.02. The van der Waals surface area contributed by atoms with Crippen LogP contribution in [0, 0.1) is 17.1 Å². The monoisotopic (exact) mass is 329 g/mol. The van der Waals surface area contributed by atoms with Gasteiger partial charge in [-0.05, 0) is 56.3 Å². The van der Waals surface area contributed by atoms with Crippen LogP contribution < -0.4 is 9.47 Å². The molecule has 124 valence electrons. The first-order valence-electron chi connectivity index (χ1n) is 7.34. The quantitative estimate of drug-likeness (QED) is 0.754. The van der Waals surface area contributed by atoms with E-state index in [0.29, 0.717) is 11.5 Å². The van der Waals surface area contributed by atoms with Crippen molar-refractivity contribution in [2.24, 2.45) is 0 Å². The molecule has 0 aromatic heterocycles. The predicted molar refractivity (Wildman–Crippen MR) is 84.4 cm³/mol. The molecule has 5 nitrogen and oxygen atoms in total. The highest BCUT2D eigenvalue weighted by molar-refractivity contribution is 5.74. The minimum atomic E-state index is -0.729. The smallest absolute Gasteiger partial charge is 0.347 e. The second kappa shape index (κ2) is 7.97. The number of ether oxygens (including phenoxy) is 3. The highest BCUT2D eigenvalue weighted by Gasteiger charge is 2.15. The van der Waals surface area contributed by atoms with Crippen LogP contribution in [0.4, 0.5) is 4.39 Å². The number of halogens is 1. The molecule has 0 radical (unpaired) electrons. The molecule has 0 spiro atoms. The molecule has 1 atom stereocenters. The fraction of sp³-hybridized carbons (Fsp3) is 0.222. The summed E-state index contributed by atoms with van der Waals surface area (Å²) in [4.78, 5) is 11.5. The van der Waals surface area contributed by atoms with Gasteiger partial charge in [0.05, 0.1) is 18.2 Å². The fourth-order valence-electron chi connectivity index (χ4n) is 1.88. The van der Waals surface area contributed by atoms with Crippen molar-refractivity contribution in [2.45, 2.75) is 20.0 Å². The van der Waals surface area contributed by atoms with Gasteiger partial charge >= 0.3 is 5.97 Å². The molecular weight excluding hydrogens is 313 g/mol. The van der Waals surface area contributed by atoms with E-state index in [1.807, 2.05) is 6.07 Å². The van der Waals surface area contributed by atoms with E-state index in [1.54, 1.807) is 38.1 Å². The number of nitrogens with zero attached hydrogens (tertiary/aromatic N) is 1. The number of esters is 1. The Labute approximate surface area is 139 Å². The maximum atomic E-state index is 13.8. The third-order valence-corrected chi connectivity index (χ3v) is 3.04. The second-order valence-electron chi connectivity index (χ2n) is 4.84. The summed E-state index contributed by atoms with van der Waals surface area (Å²) < 4.78 is 29.5. The molecule has 0 N–H and O–H groups in total. The Kier molecular flexibility index (Phi) is 5.74. The molecule has 0 bridgehead atoms. The van der Waals surface area contributed by atoms with E-state index in [9.17, 15) is 9.18 Å². The molecule has 6 heteroatoms. The summed E-state index contributed by atoms with van der Waals surface area (Å²) in [5.41, 5.74) is 0.219. The minimum Gasteiger partial charge on any atom is -0.479 e. The zero-order valence-electron chi connectivity index (χ0n) is 13.3. The topological polar surface area (TPSA) is 68.6 Å². The van der Waals surface area contributed by atoms with Gasteiger partial charge in [-0.3, -0.25) is 0 Å². The summed E-state index contributed by atoms with van der Waals surface area (Å²) in [6.07, 6.45) is -0.729. The van der Waals surface area contributed by atoms with Crippen LogP contribution in [0.3, 0.4) is 0 Å². The molecule has 0 saturated carbocycles. The van der Waals surface area contributed by atoms with E-state index >= 15 is 0 Å². The fourth-order valence-corrected chi connectivity index (χ4v) is 1.88. The van der Waals surface area contributed by atoms with Crippen LogP contribution in [0.1, 0.15) is 19.4 Å². The minimum absolute atomic E-state index is 0.0163. The van der Waals surface area contributed by atoms with Crippen molar-refractivity contribution in [3.8, 4) is 23.3 Å². The summed E-state index contributed by atoms with van der Waals surface area (Å²) in [5, 5.41) is 8.71. The lowest BCUT2D eigenvalue weighted by atomic mass is 10.2. The molecule has 0 fully saturated rings. The molecule has 2 aromatic carbocycles. The Bertz CT molecular complexity index is 753. The van der Waals surface area contributed by atoms with Crippen LogP contribution in [0.15, 0.2) is 42.5 Å². The van der Waals surface area contributed by atoms with Gasteiger partial charge in [0.25, 0.3) is 0 Å². The van der Waals surface area contributed by atoms with Gasteiger partial charge in [-0.1, -0.05) is 0 Å². The largest absolute Gasteiger partial charge is 0.479 e. The molecule has 0 aliphatic carbocycles. The summed E-state index contributed by atoms with van der Waals surface area (Å²) in [7, 11) is 0. The van der Waals surface area contributed by atoms with Crippen LogP contribution in [0.2, 0.25) is 0 Å².